The zero-order chi connectivity index (χ0) is 32.8. The van der Waals surface area contributed by atoms with Crippen molar-refractivity contribution in [1.82, 2.24) is 15.1 Å². The van der Waals surface area contributed by atoms with E-state index in [0.29, 0.717) is 45.1 Å². The Morgan fingerprint density at radius 1 is 1.13 bits per heavy atom. The predicted molar refractivity (Wildman–Crippen MR) is 163 cm³/mol. The number of nitrogens with zero attached hydrogens (tertiary/aromatic N) is 3. The average molecular weight is 651 g/mol. The summed E-state index contributed by atoms with van der Waals surface area (Å²) in [7, 11) is 1.88. The highest BCUT2D eigenvalue weighted by molar-refractivity contribution is 7.99. The molecule has 2 aromatic rings. The number of nitrogens with one attached hydrogen (secondary N) is 1. The molecule has 4 bridgehead atoms. The Hall–Kier alpha value is -4.19. The molecule has 242 valence electrons. The molecule has 7 heterocycles. The lowest BCUT2D eigenvalue weighted by atomic mass is 9.76. The maximum atomic E-state index is 13.4. The van der Waals surface area contributed by atoms with Crippen LogP contribution in [0.5, 0.6) is 28.7 Å². The van der Waals surface area contributed by atoms with Gasteiger partial charge in [-0.1, -0.05) is 6.07 Å². The Morgan fingerprint density at radius 2 is 1.87 bits per heavy atom. The number of fused-ring (bicyclic) bond motifs is 7. The van der Waals surface area contributed by atoms with E-state index in [1.165, 1.54) is 25.6 Å². The largest absolute Gasteiger partial charge is 0.504 e. The van der Waals surface area contributed by atoms with Crippen LogP contribution in [0.2, 0.25) is 0 Å². The molecule has 2 fully saturated rings. The van der Waals surface area contributed by atoms with Gasteiger partial charge in [0.25, 0.3) is 0 Å². The Kier molecular flexibility index (Phi) is 7.07. The van der Waals surface area contributed by atoms with Crippen LogP contribution >= 0.6 is 11.8 Å². The summed E-state index contributed by atoms with van der Waals surface area (Å²) in [4.78, 5) is 42.3. The van der Waals surface area contributed by atoms with Crippen molar-refractivity contribution >= 4 is 29.6 Å². The molecule has 2 unspecified atom stereocenters. The van der Waals surface area contributed by atoms with Crippen LogP contribution in [-0.4, -0.2) is 88.2 Å². The molecular formula is C32H34N4O9S. The van der Waals surface area contributed by atoms with Crippen LogP contribution in [0.25, 0.3) is 0 Å². The van der Waals surface area contributed by atoms with Crippen molar-refractivity contribution in [2.24, 2.45) is 0 Å². The number of piperazine rings is 1. The molecule has 7 aliphatic rings. The van der Waals surface area contributed by atoms with Gasteiger partial charge in [0.15, 0.2) is 23.0 Å². The quantitative estimate of drug-likeness (QED) is 0.246. The van der Waals surface area contributed by atoms with Crippen molar-refractivity contribution in [2.75, 3.05) is 32.7 Å². The summed E-state index contributed by atoms with van der Waals surface area (Å²) in [6.45, 7) is 6.13. The summed E-state index contributed by atoms with van der Waals surface area (Å²) in [6.07, 6.45) is 0.221. The van der Waals surface area contributed by atoms with Crippen LogP contribution in [0.1, 0.15) is 64.6 Å². The van der Waals surface area contributed by atoms with Gasteiger partial charge in [-0.2, -0.15) is 5.26 Å². The molecule has 0 spiro atoms. The maximum absolute atomic E-state index is 13.4. The van der Waals surface area contributed by atoms with Gasteiger partial charge in [0.1, 0.15) is 23.9 Å². The number of aromatic hydroxyl groups is 2. The molecule has 7 aliphatic heterocycles. The van der Waals surface area contributed by atoms with Crippen LogP contribution < -0.4 is 19.5 Å². The molecule has 0 saturated carbocycles. The number of carbonyl (C=O) groups excluding carboxylic acids is 3. The number of hydrogen-bond donors (Lipinski definition) is 3. The smallest absolute Gasteiger partial charge is 0.329 e. The van der Waals surface area contributed by atoms with E-state index in [1.54, 1.807) is 13.8 Å². The van der Waals surface area contributed by atoms with Crippen molar-refractivity contribution < 1.29 is 43.5 Å². The van der Waals surface area contributed by atoms with Crippen LogP contribution in [0.4, 0.5) is 0 Å². The molecule has 1 amide bonds. The number of phenolic OH excluding ortho intramolecular Hbond substituents is 2. The Morgan fingerprint density at radius 3 is 2.57 bits per heavy atom. The van der Waals surface area contributed by atoms with Gasteiger partial charge in [0.05, 0.1) is 23.4 Å². The molecule has 9 rings (SSSR count). The van der Waals surface area contributed by atoms with Gasteiger partial charge < -0.3 is 34.5 Å². The first kappa shape index (κ1) is 30.5. The number of nitriles is 1. The minimum Gasteiger partial charge on any atom is -0.504 e. The van der Waals surface area contributed by atoms with Gasteiger partial charge >= 0.3 is 11.9 Å². The fraction of sp³-hybridized carbons (Fsp3) is 0.500. The van der Waals surface area contributed by atoms with Gasteiger partial charge in [0, 0.05) is 60.9 Å². The number of benzene rings is 2. The Balaban J connectivity index is 1.57. The predicted octanol–water partition coefficient (Wildman–Crippen LogP) is 2.43. The molecule has 2 saturated heterocycles. The number of hydrogen-bond acceptors (Lipinski definition) is 13. The summed E-state index contributed by atoms with van der Waals surface area (Å²) in [5.41, 5.74) is 2.35. The van der Waals surface area contributed by atoms with Crippen LogP contribution in [0.15, 0.2) is 6.07 Å². The molecule has 0 radical (unpaired) electrons. The van der Waals surface area contributed by atoms with Crippen molar-refractivity contribution in [2.45, 2.75) is 69.1 Å². The number of amides is 1. The number of ether oxygens (including phenoxy) is 4. The minimum atomic E-state index is -1.18. The van der Waals surface area contributed by atoms with Crippen LogP contribution in [0.3, 0.4) is 0 Å². The van der Waals surface area contributed by atoms with Crippen molar-refractivity contribution in [3.63, 3.8) is 0 Å². The summed E-state index contributed by atoms with van der Waals surface area (Å²) in [5, 5.41) is 35.7. The van der Waals surface area contributed by atoms with E-state index in [-0.39, 0.29) is 43.6 Å². The first-order valence-corrected chi connectivity index (χ1v) is 16.1. The van der Waals surface area contributed by atoms with Crippen molar-refractivity contribution in [1.29, 1.82) is 5.26 Å². The lowest BCUT2D eigenvalue weighted by Gasteiger charge is -2.60. The standard InChI is InChI=1S/C32H34N4O9S/c1-13-6-17-7-32(10-33)11-35(5)23(20(17)26(40)25(13)39)24-30-22-21(29-28(43-12-44-29)14(2)27(22)45-16(4)38)19(36(24)32)8-42-31(41)18(9-46-30)34-15(3)37/h6,18-19,23-24,30,39-40H,7-9,11-12H2,1-5H3,(H,34,37)/t18-,19-,23+,24?,30+,32-/m0/s1. The summed E-state index contributed by atoms with van der Waals surface area (Å²) in [6, 6.07) is 1.57. The average Bonchev–Trinajstić information content (AvgIpc) is 3.41. The highest BCUT2D eigenvalue weighted by Crippen LogP contribution is 2.65. The number of aryl methyl sites for hydroxylation is 1. The molecule has 14 heteroatoms. The van der Waals surface area contributed by atoms with Gasteiger partial charge in [0.2, 0.25) is 12.7 Å². The number of thioether (sulfide) groups is 1. The highest BCUT2D eigenvalue weighted by Gasteiger charge is 2.63. The molecule has 0 aromatic heterocycles. The molecular weight excluding hydrogens is 616 g/mol. The van der Waals surface area contributed by atoms with Gasteiger partial charge in [-0.25, -0.2) is 4.79 Å². The molecule has 3 N–H and O–H groups in total. The summed E-state index contributed by atoms with van der Waals surface area (Å²) >= 11 is 1.36. The first-order chi connectivity index (χ1) is 21.9. The fourth-order valence-corrected chi connectivity index (χ4v) is 9.67. The molecule has 46 heavy (non-hydrogen) atoms. The van der Waals surface area contributed by atoms with Crippen molar-refractivity contribution in [3.05, 3.63) is 39.4 Å². The SMILES string of the molecule is CC(=O)N[C@H]1CS[C@@H]2c3c(OC(C)=O)c(C)c4c(c3[C@H](COC1=O)N1C2[C@H]2c3c(cc(C)c(O)c3O)C[C@]1(C#N)CN2C)OCO4. The molecule has 2 aromatic carbocycles. The highest BCUT2D eigenvalue weighted by atomic mass is 32.2. The maximum Gasteiger partial charge on any atom is 0.329 e. The number of phenols is 2. The molecule has 0 aliphatic carbocycles. The first-order valence-electron chi connectivity index (χ1n) is 15.0. The van der Waals surface area contributed by atoms with E-state index in [4.69, 9.17) is 18.9 Å². The normalized spacial score (nSPS) is 30.7. The Labute approximate surface area is 269 Å². The van der Waals surface area contributed by atoms with Crippen LogP contribution in [-0.2, 0) is 25.5 Å². The second-order valence-electron chi connectivity index (χ2n) is 12.6. The topological polar surface area (TPSA) is 171 Å². The van der Waals surface area contributed by atoms with Gasteiger partial charge in [-0.15, -0.1) is 11.8 Å². The van der Waals surface area contributed by atoms with E-state index in [1.807, 2.05) is 18.0 Å². The second kappa shape index (κ2) is 10.7. The lowest BCUT2D eigenvalue weighted by molar-refractivity contribution is -0.153. The van der Waals surface area contributed by atoms with E-state index in [2.05, 4.69) is 16.3 Å². The monoisotopic (exact) mass is 650 g/mol. The van der Waals surface area contributed by atoms with E-state index < -0.39 is 52.8 Å². The zero-order valence-corrected chi connectivity index (χ0v) is 26.8. The van der Waals surface area contributed by atoms with Crippen LogP contribution in [0, 0.1) is 25.2 Å². The second-order valence-corrected chi connectivity index (χ2v) is 13.8. The third-order valence-corrected chi connectivity index (χ3v) is 11.2. The van der Waals surface area contributed by atoms with E-state index >= 15 is 0 Å². The van der Waals surface area contributed by atoms with Gasteiger partial charge in [-0.3, -0.25) is 19.4 Å². The number of carbonyl (C=O) groups is 3. The number of esters is 2. The zero-order valence-electron chi connectivity index (χ0n) is 26.0. The summed E-state index contributed by atoms with van der Waals surface area (Å²) in [5.74, 6) is -0.794. The van der Waals surface area contributed by atoms with Crippen molar-refractivity contribution in [3.8, 4) is 34.8 Å². The van der Waals surface area contributed by atoms with Gasteiger partial charge in [-0.05, 0) is 32.0 Å². The van der Waals surface area contributed by atoms with E-state index in [0.717, 1.165) is 5.56 Å². The molecule has 13 nitrogen and oxygen atoms in total. The third kappa shape index (κ3) is 4.25. The molecule has 7 atom stereocenters. The minimum absolute atomic E-state index is 0.0723. The Bertz CT molecular complexity index is 1760. The fourth-order valence-electron chi connectivity index (χ4n) is 8.17. The lowest BCUT2D eigenvalue weighted by Crippen LogP contribution is -2.69. The number of likely N-dealkylation sites (N-methyl/N-ethyl adjacent to an activating group) is 1. The third-order valence-electron chi connectivity index (χ3n) is 9.77. The summed E-state index contributed by atoms with van der Waals surface area (Å²) < 4.78 is 23.9. The van der Waals surface area contributed by atoms with E-state index in [9.17, 15) is 29.9 Å². The number of rotatable bonds is 2.